The van der Waals surface area contributed by atoms with E-state index in [1.165, 1.54) is 12.1 Å². The Kier molecular flexibility index (Phi) is 16.0. The Morgan fingerprint density at radius 2 is 1.14 bits per heavy atom. The van der Waals surface area contributed by atoms with Gasteiger partial charge in [0, 0.05) is 11.1 Å². The van der Waals surface area contributed by atoms with E-state index >= 15 is 0 Å². The number of halogens is 5. The molecule has 0 N–H and O–H groups in total. The van der Waals surface area contributed by atoms with E-state index in [4.69, 9.17) is 77.0 Å². The molecule has 0 radical (unpaired) electrons. The lowest BCUT2D eigenvalue weighted by atomic mass is 10.3. The van der Waals surface area contributed by atoms with E-state index in [1.54, 1.807) is 18.2 Å². The van der Waals surface area contributed by atoms with Crippen LogP contribution >= 0.6 is 58.0 Å². The first-order valence-corrected chi connectivity index (χ1v) is 12.7. The highest BCUT2D eigenvalue weighted by Crippen LogP contribution is 2.33. The van der Waals surface area contributed by atoms with Crippen molar-refractivity contribution in [3.8, 4) is 11.5 Å². The summed E-state index contributed by atoms with van der Waals surface area (Å²) in [6.45, 7) is 4.50. The van der Waals surface area contributed by atoms with Crippen LogP contribution in [0.3, 0.4) is 0 Å². The Bertz CT molecular complexity index is 954. The van der Waals surface area contributed by atoms with Crippen molar-refractivity contribution in [1.29, 1.82) is 0 Å². The number of benzene rings is 2. The van der Waals surface area contributed by atoms with Crippen LogP contribution in [0.2, 0.25) is 25.1 Å². The molecule has 194 valence electrons. The van der Waals surface area contributed by atoms with E-state index in [9.17, 15) is 9.59 Å². The zero-order valence-corrected chi connectivity index (χ0v) is 23.2. The number of hydrogen-bond donors (Lipinski definition) is 0. The number of esters is 2. The van der Waals surface area contributed by atoms with Gasteiger partial charge in [0.2, 0.25) is 0 Å². The van der Waals surface area contributed by atoms with Crippen LogP contribution in [0.4, 0.5) is 0 Å². The normalized spacial score (nSPS) is 10.1. The Hall–Kier alpha value is -1.57. The molecule has 0 saturated carbocycles. The molecule has 35 heavy (non-hydrogen) atoms. The SMILES string of the molecule is CCCCOC(=O)COc1cc(Cl)c(Cl)cc1Cl.CCCCOC(=O)COc1ccc(Cl)cc1Cl. The van der Waals surface area contributed by atoms with E-state index < -0.39 is 11.9 Å². The molecular formula is C24H27Cl5O6. The molecule has 2 rings (SSSR count). The highest BCUT2D eigenvalue weighted by molar-refractivity contribution is 6.43. The summed E-state index contributed by atoms with van der Waals surface area (Å²) in [5.41, 5.74) is 0. The highest BCUT2D eigenvalue weighted by atomic mass is 35.5. The average Bonchev–Trinajstić information content (AvgIpc) is 2.81. The highest BCUT2D eigenvalue weighted by Gasteiger charge is 2.10. The lowest BCUT2D eigenvalue weighted by molar-refractivity contribution is -0.146. The van der Waals surface area contributed by atoms with Gasteiger partial charge in [0.05, 0.1) is 33.3 Å². The van der Waals surface area contributed by atoms with Crippen LogP contribution in [-0.2, 0) is 19.1 Å². The van der Waals surface area contributed by atoms with Crippen LogP contribution in [-0.4, -0.2) is 38.4 Å². The number of ether oxygens (including phenoxy) is 4. The second kappa shape index (κ2) is 17.8. The molecule has 11 heteroatoms. The fraction of sp³-hybridized carbons (Fsp3) is 0.417. The van der Waals surface area contributed by atoms with Gasteiger partial charge in [-0.05, 0) is 37.1 Å². The summed E-state index contributed by atoms with van der Waals surface area (Å²) < 4.78 is 20.3. The minimum Gasteiger partial charge on any atom is -0.480 e. The number of carbonyl (C=O) groups is 2. The second-order valence-electron chi connectivity index (χ2n) is 7.00. The first-order chi connectivity index (χ1) is 16.7. The van der Waals surface area contributed by atoms with Gasteiger partial charge in [-0.25, -0.2) is 9.59 Å². The Balaban J connectivity index is 0.000000351. The van der Waals surface area contributed by atoms with Crippen LogP contribution < -0.4 is 9.47 Å². The van der Waals surface area contributed by atoms with Gasteiger partial charge in [0.1, 0.15) is 11.5 Å². The van der Waals surface area contributed by atoms with Crippen molar-refractivity contribution in [3.63, 3.8) is 0 Å². The summed E-state index contributed by atoms with van der Waals surface area (Å²) in [6, 6.07) is 7.74. The standard InChI is InChI=1S/C12H13Cl3O3.C12H14Cl2O3/c1-2-3-4-17-12(16)7-18-11-6-9(14)8(13)5-10(11)15;1-2-3-6-16-12(15)8-17-11-5-4-9(13)7-10(11)14/h5-6H,2-4,7H2,1H3;4-5,7H,2-3,6,8H2,1H3. The minimum atomic E-state index is -0.439. The maximum absolute atomic E-state index is 11.3. The van der Waals surface area contributed by atoms with Crippen LogP contribution in [0.1, 0.15) is 39.5 Å². The van der Waals surface area contributed by atoms with E-state index in [0.717, 1.165) is 25.7 Å². The number of hydrogen-bond acceptors (Lipinski definition) is 6. The number of carbonyl (C=O) groups excluding carboxylic acids is 2. The summed E-state index contributed by atoms with van der Waals surface area (Å²) in [7, 11) is 0. The van der Waals surface area contributed by atoms with Gasteiger partial charge in [-0.3, -0.25) is 0 Å². The molecule has 0 spiro atoms. The van der Waals surface area contributed by atoms with Crippen molar-refractivity contribution < 1.29 is 28.5 Å². The maximum atomic E-state index is 11.3. The first kappa shape index (κ1) is 31.5. The van der Waals surface area contributed by atoms with Crippen LogP contribution in [0.5, 0.6) is 11.5 Å². The van der Waals surface area contributed by atoms with Gasteiger partial charge >= 0.3 is 11.9 Å². The molecule has 0 fully saturated rings. The molecule has 2 aromatic rings. The third-order valence-electron chi connectivity index (χ3n) is 4.08. The molecule has 0 aliphatic rings. The van der Waals surface area contributed by atoms with Gasteiger partial charge in [-0.1, -0.05) is 84.7 Å². The lowest BCUT2D eigenvalue weighted by Crippen LogP contribution is -2.15. The zero-order chi connectivity index (χ0) is 26.2. The summed E-state index contributed by atoms with van der Waals surface area (Å²) >= 11 is 29.1. The fourth-order valence-corrected chi connectivity index (χ4v) is 3.28. The molecular weight excluding hydrogens is 562 g/mol. The van der Waals surface area contributed by atoms with Gasteiger partial charge in [-0.2, -0.15) is 0 Å². The summed E-state index contributed by atoms with van der Waals surface area (Å²) in [5.74, 6) is -0.114. The van der Waals surface area contributed by atoms with Crippen molar-refractivity contribution in [3.05, 3.63) is 55.4 Å². The molecule has 0 aliphatic carbocycles. The fourth-order valence-electron chi connectivity index (χ4n) is 2.22. The van der Waals surface area contributed by atoms with Crippen molar-refractivity contribution >= 4 is 69.9 Å². The van der Waals surface area contributed by atoms with Crippen LogP contribution in [0.15, 0.2) is 30.3 Å². The van der Waals surface area contributed by atoms with Crippen molar-refractivity contribution in [2.45, 2.75) is 39.5 Å². The largest absolute Gasteiger partial charge is 0.480 e. The monoisotopic (exact) mass is 586 g/mol. The van der Waals surface area contributed by atoms with Crippen molar-refractivity contribution in [2.24, 2.45) is 0 Å². The molecule has 2 aromatic carbocycles. The molecule has 0 aliphatic heterocycles. The molecule has 0 atom stereocenters. The van der Waals surface area contributed by atoms with E-state index in [-0.39, 0.29) is 13.2 Å². The van der Waals surface area contributed by atoms with Gasteiger partial charge in [0.15, 0.2) is 13.2 Å². The van der Waals surface area contributed by atoms with E-state index in [1.807, 2.05) is 13.8 Å². The predicted octanol–water partition coefficient (Wildman–Crippen LogP) is 8.08. The third kappa shape index (κ3) is 13.3. The molecule has 0 aromatic heterocycles. The van der Waals surface area contributed by atoms with Crippen molar-refractivity contribution in [2.75, 3.05) is 26.4 Å². The van der Waals surface area contributed by atoms with Crippen LogP contribution in [0.25, 0.3) is 0 Å². The first-order valence-electron chi connectivity index (χ1n) is 10.8. The zero-order valence-electron chi connectivity index (χ0n) is 19.4. The van der Waals surface area contributed by atoms with Gasteiger partial charge in [0.25, 0.3) is 0 Å². The molecule has 0 heterocycles. The van der Waals surface area contributed by atoms with Crippen LogP contribution in [0, 0.1) is 0 Å². The average molecular weight is 589 g/mol. The Morgan fingerprint density at radius 3 is 1.66 bits per heavy atom. The van der Waals surface area contributed by atoms with Gasteiger partial charge in [-0.15, -0.1) is 0 Å². The number of rotatable bonds is 12. The summed E-state index contributed by atoms with van der Waals surface area (Å²) in [4.78, 5) is 22.6. The molecule has 0 saturated heterocycles. The third-order valence-corrected chi connectivity index (χ3v) is 5.63. The van der Waals surface area contributed by atoms with E-state index in [2.05, 4.69) is 0 Å². The summed E-state index contributed by atoms with van der Waals surface area (Å²) in [6.07, 6.45) is 3.64. The maximum Gasteiger partial charge on any atom is 0.344 e. The topological polar surface area (TPSA) is 71.1 Å². The Labute approximate surface area is 230 Å². The van der Waals surface area contributed by atoms with Gasteiger partial charge < -0.3 is 18.9 Å². The van der Waals surface area contributed by atoms with Crippen molar-refractivity contribution in [1.82, 2.24) is 0 Å². The predicted molar refractivity (Wildman–Crippen MR) is 141 cm³/mol. The molecule has 0 unspecified atom stereocenters. The number of unbranched alkanes of at least 4 members (excludes halogenated alkanes) is 2. The smallest absolute Gasteiger partial charge is 0.344 e. The minimum absolute atomic E-state index is 0.148. The lowest BCUT2D eigenvalue weighted by Gasteiger charge is -2.09. The molecule has 0 amide bonds. The van der Waals surface area contributed by atoms with E-state index in [0.29, 0.717) is 49.8 Å². The quantitative estimate of drug-likeness (QED) is 0.142. The Morgan fingerprint density at radius 1 is 0.657 bits per heavy atom. The second-order valence-corrected chi connectivity index (χ2v) is 9.06. The molecule has 6 nitrogen and oxygen atoms in total. The summed E-state index contributed by atoms with van der Waals surface area (Å²) in [5, 5.41) is 1.84. The molecule has 0 bridgehead atoms.